The highest BCUT2D eigenvalue weighted by molar-refractivity contribution is 8.01. The standard InChI is InChI=1S/C11H10N6O4S2/c12-10-15-16-11(23-10)22-5-8(18)13-14-9(19)6-2-1-3-7(4-6)17(20)21/h1-4H,5H2,(H2,12,15)(H,13,18)(H,14,19). The van der Waals surface area contributed by atoms with Gasteiger partial charge in [-0.1, -0.05) is 29.2 Å². The number of hydrazine groups is 1. The van der Waals surface area contributed by atoms with Crippen molar-refractivity contribution in [3.8, 4) is 0 Å². The van der Waals surface area contributed by atoms with Crippen molar-refractivity contribution < 1.29 is 14.5 Å². The maximum absolute atomic E-state index is 11.8. The minimum atomic E-state index is -0.660. The molecule has 2 rings (SSSR count). The number of nitrogens with zero attached hydrogens (tertiary/aromatic N) is 3. The van der Waals surface area contributed by atoms with E-state index < -0.39 is 16.7 Å². The minimum absolute atomic E-state index is 0.00382. The average Bonchev–Trinajstić information content (AvgIpc) is 2.96. The summed E-state index contributed by atoms with van der Waals surface area (Å²) in [5, 5.41) is 18.3. The van der Waals surface area contributed by atoms with E-state index in [0.29, 0.717) is 9.47 Å². The number of amides is 2. The lowest BCUT2D eigenvalue weighted by atomic mass is 10.2. The quantitative estimate of drug-likeness (QED) is 0.400. The number of benzene rings is 1. The van der Waals surface area contributed by atoms with Crippen LogP contribution < -0.4 is 16.6 Å². The largest absolute Gasteiger partial charge is 0.374 e. The molecule has 0 unspecified atom stereocenters. The summed E-state index contributed by atoms with van der Waals surface area (Å²) >= 11 is 2.26. The molecule has 10 nitrogen and oxygen atoms in total. The van der Waals surface area contributed by atoms with Crippen molar-refractivity contribution >= 4 is 45.7 Å². The van der Waals surface area contributed by atoms with Crippen LogP contribution in [0, 0.1) is 10.1 Å². The predicted octanol–water partition coefficient (Wildman–Crippen LogP) is 0.582. The van der Waals surface area contributed by atoms with E-state index in [1.54, 1.807) is 0 Å². The first-order chi connectivity index (χ1) is 11.0. The summed E-state index contributed by atoms with van der Waals surface area (Å²) in [5.74, 6) is -1.13. The van der Waals surface area contributed by atoms with Crippen molar-refractivity contribution in [1.82, 2.24) is 21.0 Å². The number of nitrogens with one attached hydrogen (secondary N) is 2. The Morgan fingerprint density at radius 2 is 2.13 bits per heavy atom. The number of nitro benzene ring substituents is 1. The molecular formula is C11H10N6O4S2. The molecule has 0 spiro atoms. The van der Waals surface area contributed by atoms with Gasteiger partial charge in [-0.25, -0.2) is 0 Å². The molecule has 2 amide bonds. The van der Waals surface area contributed by atoms with Gasteiger partial charge in [0.25, 0.3) is 11.6 Å². The van der Waals surface area contributed by atoms with Crippen molar-refractivity contribution in [3.63, 3.8) is 0 Å². The second-order valence-corrected chi connectivity index (χ2v) is 6.24. The zero-order chi connectivity index (χ0) is 16.8. The molecule has 120 valence electrons. The number of hydrogen-bond donors (Lipinski definition) is 3. The predicted molar refractivity (Wildman–Crippen MR) is 83.8 cm³/mol. The van der Waals surface area contributed by atoms with Gasteiger partial charge in [-0.3, -0.25) is 30.6 Å². The summed E-state index contributed by atoms with van der Waals surface area (Å²) < 4.78 is 0.530. The van der Waals surface area contributed by atoms with Gasteiger partial charge in [0.05, 0.1) is 10.7 Å². The highest BCUT2D eigenvalue weighted by Gasteiger charge is 2.12. The third kappa shape index (κ3) is 4.89. The van der Waals surface area contributed by atoms with Gasteiger partial charge in [0.15, 0.2) is 4.34 Å². The average molecular weight is 354 g/mol. The molecule has 0 saturated heterocycles. The number of carbonyl (C=O) groups excluding carboxylic acids is 2. The van der Waals surface area contributed by atoms with Crippen LogP contribution in [0.1, 0.15) is 10.4 Å². The Morgan fingerprint density at radius 3 is 2.78 bits per heavy atom. The van der Waals surface area contributed by atoms with Crippen LogP contribution >= 0.6 is 23.1 Å². The summed E-state index contributed by atoms with van der Waals surface area (Å²) in [6.45, 7) is 0. The topological polar surface area (TPSA) is 153 Å². The molecule has 1 heterocycles. The van der Waals surface area contributed by atoms with Crippen molar-refractivity contribution in [1.29, 1.82) is 0 Å². The molecule has 12 heteroatoms. The van der Waals surface area contributed by atoms with E-state index in [4.69, 9.17) is 5.73 Å². The summed E-state index contributed by atoms with van der Waals surface area (Å²) in [5.41, 5.74) is 9.63. The van der Waals surface area contributed by atoms with Gasteiger partial charge >= 0.3 is 0 Å². The molecule has 0 saturated carbocycles. The lowest BCUT2D eigenvalue weighted by Crippen LogP contribution is -2.42. The van der Waals surface area contributed by atoms with Gasteiger partial charge in [-0.2, -0.15) is 0 Å². The molecule has 0 aliphatic rings. The number of thioether (sulfide) groups is 1. The van der Waals surface area contributed by atoms with Gasteiger partial charge < -0.3 is 5.73 Å². The summed E-state index contributed by atoms with van der Waals surface area (Å²) in [4.78, 5) is 33.4. The molecule has 4 N–H and O–H groups in total. The molecule has 0 aliphatic heterocycles. The normalized spacial score (nSPS) is 10.1. The summed E-state index contributed by atoms with van der Waals surface area (Å²) in [6, 6.07) is 5.15. The highest BCUT2D eigenvalue weighted by Crippen LogP contribution is 2.22. The van der Waals surface area contributed by atoms with Crippen molar-refractivity contribution in [2.24, 2.45) is 0 Å². The smallest absolute Gasteiger partial charge is 0.270 e. The lowest BCUT2D eigenvalue weighted by molar-refractivity contribution is -0.384. The van der Waals surface area contributed by atoms with Gasteiger partial charge in [0.2, 0.25) is 11.0 Å². The fraction of sp³-hybridized carbons (Fsp3) is 0.0909. The minimum Gasteiger partial charge on any atom is -0.374 e. The number of non-ortho nitro benzene ring substituents is 1. The van der Waals surface area contributed by atoms with E-state index in [9.17, 15) is 19.7 Å². The second kappa shape index (κ2) is 7.51. The van der Waals surface area contributed by atoms with Crippen LogP contribution in [0.15, 0.2) is 28.6 Å². The third-order valence-corrected chi connectivity index (χ3v) is 4.27. The lowest BCUT2D eigenvalue weighted by Gasteiger charge is -2.06. The number of nitrogen functional groups attached to an aromatic ring is 1. The Labute approximate surface area is 137 Å². The fourth-order valence-electron chi connectivity index (χ4n) is 1.40. The van der Waals surface area contributed by atoms with E-state index in [1.165, 1.54) is 18.2 Å². The molecule has 0 aliphatic carbocycles. The van der Waals surface area contributed by atoms with E-state index in [1.807, 2.05) is 0 Å². The number of hydrogen-bond acceptors (Lipinski definition) is 9. The Hall–Kier alpha value is -2.73. The molecule has 0 atom stereocenters. The zero-order valence-corrected chi connectivity index (χ0v) is 13.0. The maximum Gasteiger partial charge on any atom is 0.270 e. The SMILES string of the molecule is Nc1nnc(SCC(=O)NNC(=O)c2cccc([N+](=O)[O-])c2)s1. The number of carbonyl (C=O) groups is 2. The second-order valence-electron chi connectivity index (χ2n) is 4.00. The molecule has 0 bridgehead atoms. The van der Waals surface area contributed by atoms with Crippen LogP contribution in [0.4, 0.5) is 10.8 Å². The zero-order valence-electron chi connectivity index (χ0n) is 11.4. The third-order valence-electron chi connectivity index (χ3n) is 2.38. The molecule has 1 aromatic carbocycles. The Kier molecular flexibility index (Phi) is 5.43. The first kappa shape index (κ1) is 16.6. The van der Waals surface area contributed by atoms with E-state index in [0.717, 1.165) is 29.2 Å². The van der Waals surface area contributed by atoms with Crippen molar-refractivity contribution in [2.75, 3.05) is 11.5 Å². The molecule has 2 aromatic rings. The Balaban J connectivity index is 1.82. The highest BCUT2D eigenvalue weighted by atomic mass is 32.2. The monoisotopic (exact) mass is 354 g/mol. The fourth-order valence-corrected chi connectivity index (χ4v) is 2.84. The van der Waals surface area contributed by atoms with Gasteiger partial charge in [0.1, 0.15) is 0 Å². The molecule has 0 fully saturated rings. The van der Waals surface area contributed by atoms with Gasteiger partial charge in [0, 0.05) is 17.7 Å². The molecule has 0 radical (unpaired) electrons. The van der Waals surface area contributed by atoms with Crippen LogP contribution in [0.2, 0.25) is 0 Å². The first-order valence-corrected chi connectivity index (χ1v) is 7.81. The molecule has 23 heavy (non-hydrogen) atoms. The molecule has 1 aromatic heterocycles. The maximum atomic E-state index is 11.8. The van der Waals surface area contributed by atoms with Crippen molar-refractivity contribution in [2.45, 2.75) is 4.34 Å². The van der Waals surface area contributed by atoms with Crippen LogP contribution in [0.3, 0.4) is 0 Å². The summed E-state index contributed by atoms with van der Waals surface area (Å²) in [6.07, 6.45) is 0. The summed E-state index contributed by atoms with van der Waals surface area (Å²) in [7, 11) is 0. The van der Waals surface area contributed by atoms with E-state index >= 15 is 0 Å². The van der Waals surface area contributed by atoms with Crippen LogP contribution in [0.5, 0.6) is 0 Å². The van der Waals surface area contributed by atoms with Crippen LogP contribution in [-0.2, 0) is 4.79 Å². The molecular weight excluding hydrogens is 344 g/mol. The van der Waals surface area contributed by atoms with Crippen molar-refractivity contribution in [3.05, 3.63) is 39.9 Å². The van der Waals surface area contributed by atoms with Crippen LogP contribution in [-0.4, -0.2) is 32.7 Å². The number of anilines is 1. The van der Waals surface area contributed by atoms with Gasteiger partial charge in [-0.05, 0) is 6.07 Å². The van der Waals surface area contributed by atoms with Crippen LogP contribution in [0.25, 0.3) is 0 Å². The van der Waals surface area contributed by atoms with E-state index in [2.05, 4.69) is 21.0 Å². The van der Waals surface area contributed by atoms with E-state index in [-0.39, 0.29) is 17.0 Å². The number of aromatic nitrogens is 2. The number of nitrogens with two attached hydrogens (primary N) is 1. The van der Waals surface area contributed by atoms with Gasteiger partial charge in [-0.15, -0.1) is 10.2 Å². The Bertz CT molecular complexity index is 750. The Morgan fingerprint density at radius 1 is 1.35 bits per heavy atom. The number of rotatable bonds is 5. The number of nitro groups is 1. The first-order valence-electron chi connectivity index (χ1n) is 6.01.